The van der Waals surface area contributed by atoms with E-state index in [0.29, 0.717) is 23.8 Å². The number of hydrogen-bond donors (Lipinski definition) is 2. The molecule has 0 atom stereocenters. The number of nitrogens with one attached hydrogen (secondary N) is 2. The van der Waals surface area contributed by atoms with E-state index in [9.17, 15) is 0 Å². The Morgan fingerprint density at radius 2 is 2.22 bits per heavy atom. The van der Waals surface area contributed by atoms with E-state index in [1.54, 1.807) is 25.6 Å². The summed E-state index contributed by atoms with van der Waals surface area (Å²) in [7, 11) is 1.60. The number of aromatic nitrogens is 4. The maximum absolute atomic E-state index is 5.06. The second-order valence-electron chi connectivity index (χ2n) is 4.41. The molecule has 0 amide bonds. The van der Waals surface area contributed by atoms with Crippen molar-refractivity contribution in [2.45, 2.75) is 24.8 Å². The molecule has 0 radical (unpaired) electrons. The molecule has 0 bridgehead atoms. The second kappa shape index (κ2) is 4.64. The number of aromatic amines is 1. The third-order valence-corrected chi connectivity index (χ3v) is 3.22. The van der Waals surface area contributed by atoms with Crippen LogP contribution in [0.25, 0.3) is 0 Å². The van der Waals surface area contributed by atoms with E-state index < -0.39 is 0 Å². The van der Waals surface area contributed by atoms with E-state index in [1.165, 1.54) is 0 Å². The lowest BCUT2D eigenvalue weighted by Gasteiger charge is -2.34. The molecule has 6 nitrogen and oxygen atoms in total. The number of methoxy groups -OCH3 is 1. The Hall–Kier alpha value is -2.11. The van der Waals surface area contributed by atoms with Crippen LogP contribution in [0.3, 0.4) is 0 Å². The highest BCUT2D eigenvalue weighted by molar-refractivity contribution is 5.30. The molecule has 1 saturated carbocycles. The van der Waals surface area contributed by atoms with Crippen molar-refractivity contribution in [3.63, 3.8) is 0 Å². The van der Waals surface area contributed by atoms with Crippen LogP contribution in [-0.4, -0.2) is 33.1 Å². The first-order valence-electron chi connectivity index (χ1n) is 5.98. The maximum Gasteiger partial charge on any atom is 0.226 e. The summed E-state index contributed by atoms with van der Waals surface area (Å²) in [6.07, 6.45) is 7.45. The normalized spacial score (nSPS) is 22.3. The van der Waals surface area contributed by atoms with Gasteiger partial charge in [-0.3, -0.25) is 0 Å². The molecule has 2 heterocycles. The average molecular weight is 245 g/mol. The SMILES string of the molecule is COc1ccnc(NC2CC(c3ncc[nH]3)C2)n1. The van der Waals surface area contributed by atoms with Crippen molar-refractivity contribution in [2.24, 2.45) is 0 Å². The van der Waals surface area contributed by atoms with Crippen LogP contribution in [0.15, 0.2) is 24.7 Å². The lowest BCUT2D eigenvalue weighted by molar-refractivity contribution is 0.358. The minimum atomic E-state index is 0.409. The molecule has 0 saturated heterocycles. The molecule has 2 aromatic rings. The van der Waals surface area contributed by atoms with Gasteiger partial charge < -0.3 is 15.0 Å². The van der Waals surface area contributed by atoms with Crippen LogP contribution in [0.5, 0.6) is 5.88 Å². The first-order valence-corrected chi connectivity index (χ1v) is 5.98. The summed E-state index contributed by atoms with van der Waals surface area (Å²) in [5.74, 6) is 2.79. The van der Waals surface area contributed by atoms with Gasteiger partial charge in [-0.15, -0.1) is 0 Å². The van der Waals surface area contributed by atoms with Gasteiger partial charge in [0.15, 0.2) is 0 Å². The lowest BCUT2D eigenvalue weighted by Crippen LogP contribution is -2.35. The molecule has 2 aromatic heterocycles. The number of H-pyrrole nitrogens is 1. The van der Waals surface area contributed by atoms with E-state index in [4.69, 9.17) is 4.74 Å². The fourth-order valence-corrected chi connectivity index (χ4v) is 2.17. The summed E-state index contributed by atoms with van der Waals surface area (Å²) in [6.45, 7) is 0. The van der Waals surface area contributed by atoms with E-state index in [2.05, 4.69) is 25.3 Å². The van der Waals surface area contributed by atoms with Crippen LogP contribution in [0.1, 0.15) is 24.6 Å². The minimum Gasteiger partial charge on any atom is -0.481 e. The van der Waals surface area contributed by atoms with Crippen molar-refractivity contribution in [2.75, 3.05) is 12.4 Å². The Morgan fingerprint density at radius 1 is 1.33 bits per heavy atom. The van der Waals surface area contributed by atoms with Crippen LogP contribution in [0.2, 0.25) is 0 Å². The van der Waals surface area contributed by atoms with Gasteiger partial charge in [0.2, 0.25) is 11.8 Å². The van der Waals surface area contributed by atoms with E-state index >= 15 is 0 Å². The van der Waals surface area contributed by atoms with Crippen molar-refractivity contribution in [3.05, 3.63) is 30.5 Å². The highest BCUT2D eigenvalue weighted by atomic mass is 16.5. The molecule has 94 valence electrons. The van der Waals surface area contributed by atoms with Crippen molar-refractivity contribution >= 4 is 5.95 Å². The molecule has 0 unspecified atom stereocenters. The van der Waals surface area contributed by atoms with Gasteiger partial charge in [0.05, 0.1) is 7.11 Å². The van der Waals surface area contributed by atoms with Crippen molar-refractivity contribution in [1.82, 2.24) is 19.9 Å². The Bertz CT molecular complexity index is 507. The van der Waals surface area contributed by atoms with Gasteiger partial charge in [-0.25, -0.2) is 9.97 Å². The van der Waals surface area contributed by atoms with Crippen LogP contribution >= 0.6 is 0 Å². The van der Waals surface area contributed by atoms with Crippen LogP contribution < -0.4 is 10.1 Å². The monoisotopic (exact) mass is 245 g/mol. The Kier molecular flexibility index (Phi) is 2.84. The maximum atomic E-state index is 5.06. The molecule has 0 aliphatic heterocycles. The molecular weight excluding hydrogens is 230 g/mol. The summed E-state index contributed by atoms with van der Waals surface area (Å²) in [5.41, 5.74) is 0. The van der Waals surface area contributed by atoms with Crippen molar-refractivity contribution in [1.29, 1.82) is 0 Å². The fraction of sp³-hybridized carbons (Fsp3) is 0.417. The van der Waals surface area contributed by atoms with E-state index in [1.807, 2.05) is 6.20 Å². The quantitative estimate of drug-likeness (QED) is 0.855. The first kappa shape index (κ1) is 11.0. The number of imidazole rings is 1. The first-order chi connectivity index (χ1) is 8.85. The highest BCUT2D eigenvalue weighted by Crippen LogP contribution is 2.36. The van der Waals surface area contributed by atoms with Gasteiger partial charge in [-0.05, 0) is 12.8 Å². The summed E-state index contributed by atoms with van der Waals surface area (Å²) in [5, 5.41) is 3.30. The minimum absolute atomic E-state index is 0.409. The predicted molar refractivity (Wildman–Crippen MR) is 66.6 cm³/mol. The summed E-state index contributed by atoms with van der Waals surface area (Å²) >= 11 is 0. The van der Waals surface area contributed by atoms with Gasteiger partial charge in [-0.1, -0.05) is 0 Å². The standard InChI is InChI=1S/C12H15N5O/c1-18-10-2-3-15-12(17-10)16-9-6-8(7-9)11-13-4-5-14-11/h2-5,8-9H,6-7H2,1H3,(H,13,14)(H,15,16,17). The van der Waals surface area contributed by atoms with Crippen LogP contribution in [-0.2, 0) is 0 Å². The number of ether oxygens (including phenoxy) is 1. The third-order valence-electron chi connectivity index (χ3n) is 3.22. The third kappa shape index (κ3) is 2.13. The number of rotatable bonds is 4. The van der Waals surface area contributed by atoms with Gasteiger partial charge in [-0.2, -0.15) is 4.98 Å². The van der Waals surface area contributed by atoms with Crippen LogP contribution in [0.4, 0.5) is 5.95 Å². The number of anilines is 1. The summed E-state index contributed by atoms with van der Waals surface area (Å²) < 4.78 is 5.06. The molecule has 0 spiro atoms. The zero-order valence-corrected chi connectivity index (χ0v) is 10.1. The molecular formula is C12H15N5O. The van der Waals surface area contributed by atoms with Crippen LogP contribution in [0, 0.1) is 0 Å². The fourth-order valence-electron chi connectivity index (χ4n) is 2.17. The predicted octanol–water partition coefficient (Wildman–Crippen LogP) is 1.57. The Labute approximate surface area is 105 Å². The number of hydrogen-bond acceptors (Lipinski definition) is 5. The smallest absolute Gasteiger partial charge is 0.226 e. The van der Waals surface area contributed by atoms with E-state index in [0.717, 1.165) is 18.7 Å². The second-order valence-corrected chi connectivity index (χ2v) is 4.41. The molecule has 3 rings (SSSR count). The van der Waals surface area contributed by atoms with Crippen molar-refractivity contribution < 1.29 is 4.74 Å². The van der Waals surface area contributed by atoms with Crippen molar-refractivity contribution in [3.8, 4) is 5.88 Å². The summed E-state index contributed by atoms with van der Waals surface area (Å²) in [6, 6.07) is 2.14. The lowest BCUT2D eigenvalue weighted by atomic mass is 9.80. The zero-order chi connectivity index (χ0) is 12.4. The molecule has 1 aliphatic carbocycles. The average Bonchev–Trinajstić information content (AvgIpc) is 2.87. The largest absolute Gasteiger partial charge is 0.481 e. The Morgan fingerprint density at radius 3 is 2.94 bits per heavy atom. The summed E-state index contributed by atoms with van der Waals surface area (Å²) in [4.78, 5) is 15.8. The highest BCUT2D eigenvalue weighted by Gasteiger charge is 2.32. The molecule has 6 heteroatoms. The molecule has 2 N–H and O–H groups in total. The molecule has 1 aliphatic rings. The molecule has 18 heavy (non-hydrogen) atoms. The topological polar surface area (TPSA) is 75.7 Å². The van der Waals surface area contributed by atoms with Gasteiger partial charge in [0.25, 0.3) is 0 Å². The van der Waals surface area contributed by atoms with Gasteiger partial charge in [0.1, 0.15) is 5.82 Å². The number of nitrogens with zero attached hydrogens (tertiary/aromatic N) is 3. The van der Waals surface area contributed by atoms with Gasteiger partial charge >= 0.3 is 0 Å². The zero-order valence-electron chi connectivity index (χ0n) is 10.1. The van der Waals surface area contributed by atoms with E-state index in [-0.39, 0.29) is 0 Å². The molecule has 1 fully saturated rings. The van der Waals surface area contributed by atoms with Gasteiger partial charge in [0, 0.05) is 36.6 Å². The Balaban J connectivity index is 1.56. The molecule has 0 aromatic carbocycles.